The molecule has 2 aliphatic heterocycles. The number of aromatic nitrogens is 4. The molecule has 1 saturated carbocycles. The number of carbonyl (C=O) groups is 1. The third-order valence-corrected chi connectivity index (χ3v) is 8.44. The monoisotopic (exact) mass is 482 g/mol. The number of hydrogen-bond donors (Lipinski definition) is 3. The van der Waals surface area contributed by atoms with Crippen LogP contribution in [0, 0.1) is 25.7 Å². The summed E-state index contributed by atoms with van der Waals surface area (Å²) in [5.74, 6) is 2.11. The van der Waals surface area contributed by atoms with Gasteiger partial charge in [-0.25, -0.2) is 9.89 Å². The Balaban J connectivity index is 1.30. The van der Waals surface area contributed by atoms with Gasteiger partial charge in [0.25, 0.3) is 0 Å². The van der Waals surface area contributed by atoms with Crippen LogP contribution in [0.5, 0.6) is 0 Å². The maximum atomic E-state index is 13.3. The summed E-state index contributed by atoms with van der Waals surface area (Å²) in [5, 5.41) is 17.8. The zero-order valence-corrected chi connectivity index (χ0v) is 21.2. The number of carbonyl (C=O) groups excluding carboxylic acids is 1. The average Bonchev–Trinajstić information content (AvgIpc) is 3.51. The van der Waals surface area contributed by atoms with E-state index in [1.165, 1.54) is 32.1 Å². The van der Waals surface area contributed by atoms with Gasteiger partial charge in [0.05, 0.1) is 12.0 Å². The number of aliphatic hydroxyl groups excluding tert-OH is 1. The summed E-state index contributed by atoms with van der Waals surface area (Å²) < 4.78 is 8.10. The van der Waals surface area contributed by atoms with E-state index in [4.69, 9.17) is 4.74 Å². The third kappa shape index (κ3) is 5.22. The molecule has 1 saturated heterocycles. The maximum Gasteiger partial charge on any atom is 0.457 e. The highest BCUT2D eigenvalue weighted by molar-refractivity contribution is 5.90. The number of nitrogens with zero attached hydrogens (tertiary/aromatic N) is 3. The molecule has 1 atom stereocenters. The quantitative estimate of drug-likeness (QED) is 0.299. The van der Waals surface area contributed by atoms with Gasteiger partial charge in [-0.3, -0.25) is 0 Å². The second kappa shape index (κ2) is 10.2. The highest BCUT2D eigenvalue weighted by Gasteiger charge is 2.48. The normalized spacial score (nSPS) is 24.5. The molecule has 1 unspecified atom stereocenters. The lowest BCUT2D eigenvalue weighted by atomic mass is 9.76. The van der Waals surface area contributed by atoms with Gasteiger partial charge in [-0.05, 0) is 77.3 Å². The second-order valence-corrected chi connectivity index (χ2v) is 11.0. The van der Waals surface area contributed by atoms with E-state index < -0.39 is 5.60 Å². The number of nitrogens with one attached hydrogen (secondary N) is 2. The third-order valence-electron chi connectivity index (χ3n) is 8.44. The van der Waals surface area contributed by atoms with Gasteiger partial charge in [-0.2, -0.15) is 0 Å². The summed E-state index contributed by atoms with van der Waals surface area (Å²) >= 11 is 0. The molecule has 8 heteroatoms. The molecule has 0 bridgehead atoms. The molecule has 2 fully saturated rings. The van der Waals surface area contributed by atoms with Crippen LogP contribution in [0.3, 0.4) is 0 Å². The molecule has 2 aromatic heterocycles. The number of piperidine rings is 1. The Morgan fingerprint density at radius 3 is 2.66 bits per heavy atom. The molecular formula is C27H40N5O3+. The van der Waals surface area contributed by atoms with Crippen molar-refractivity contribution in [2.75, 3.05) is 13.1 Å². The SMILES string of the molecule is Cc1cc(C)[n+]2[nH]c(CC3=C(O)CC(CCCCC4CCNCC4)(C4CCCC4)OC3=O)nc2n1. The lowest BCUT2D eigenvalue weighted by molar-refractivity contribution is -0.587. The van der Waals surface area contributed by atoms with Crippen LogP contribution in [0.25, 0.3) is 5.78 Å². The van der Waals surface area contributed by atoms with E-state index in [1.807, 2.05) is 19.9 Å². The van der Waals surface area contributed by atoms with Crippen molar-refractivity contribution in [2.45, 2.75) is 96.5 Å². The molecule has 5 rings (SSSR count). The number of aryl methyl sites for hydroxylation is 2. The molecule has 0 amide bonds. The van der Waals surface area contributed by atoms with Crippen molar-refractivity contribution in [1.29, 1.82) is 0 Å². The van der Waals surface area contributed by atoms with Gasteiger partial charge in [0.2, 0.25) is 5.82 Å². The van der Waals surface area contributed by atoms with Crippen LogP contribution in [-0.2, 0) is 16.0 Å². The van der Waals surface area contributed by atoms with Crippen molar-refractivity contribution < 1.29 is 19.2 Å². The first-order chi connectivity index (χ1) is 16.9. The first kappa shape index (κ1) is 24.2. The Labute approximate surface area is 207 Å². The number of aromatic amines is 1. The first-order valence-electron chi connectivity index (χ1n) is 13.5. The van der Waals surface area contributed by atoms with Gasteiger partial charge in [0.1, 0.15) is 22.7 Å². The van der Waals surface area contributed by atoms with Crippen molar-refractivity contribution in [1.82, 2.24) is 20.4 Å². The van der Waals surface area contributed by atoms with Crippen LogP contribution < -0.4 is 9.83 Å². The van der Waals surface area contributed by atoms with Crippen molar-refractivity contribution in [3.63, 3.8) is 0 Å². The van der Waals surface area contributed by atoms with Crippen molar-refractivity contribution in [3.05, 3.63) is 34.6 Å². The average molecular weight is 483 g/mol. The van der Waals surface area contributed by atoms with E-state index in [9.17, 15) is 9.90 Å². The Bertz CT molecular complexity index is 1100. The lowest BCUT2D eigenvalue weighted by Crippen LogP contribution is -2.46. The molecule has 190 valence electrons. The predicted molar refractivity (Wildman–Crippen MR) is 132 cm³/mol. The molecule has 8 nitrogen and oxygen atoms in total. The van der Waals surface area contributed by atoms with E-state index in [0.717, 1.165) is 62.5 Å². The number of fused-ring (bicyclic) bond motifs is 1. The van der Waals surface area contributed by atoms with Gasteiger partial charge < -0.3 is 15.2 Å². The summed E-state index contributed by atoms with van der Waals surface area (Å²) in [6.45, 7) is 6.18. The fraction of sp³-hybridized carbons (Fsp3) is 0.704. The van der Waals surface area contributed by atoms with Crippen molar-refractivity contribution >= 4 is 11.7 Å². The summed E-state index contributed by atoms with van der Waals surface area (Å²) in [6.07, 6.45) is 12.0. The van der Waals surface area contributed by atoms with E-state index in [-0.39, 0.29) is 18.1 Å². The highest BCUT2D eigenvalue weighted by atomic mass is 16.6. The second-order valence-electron chi connectivity index (χ2n) is 11.0. The van der Waals surface area contributed by atoms with Crippen molar-refractivity contribution in [2.24, 2.45) is 11.8 Å². The zero-order valence-electron chi connectivity index (χ0n) is 21.2. The molecule has 0 radical (unpaired) electrons. The number of ether oxygens (including phenoxy) is 1. The largest absolute Gasteiger partial charge is 0.512 e. The minimum atomic E-state index is -0.562. The van der Waals surface area contributed by atoms with Crippen LogP contribution in [0.15, 0.2) is 17.4 Å². The minimum Gasteiger partial charge on any atom is -0.512 e. The van der Waals surface area contributed by atoms with Crippen LogP contribution in [0.4, 0.5) is 0 Å². The van der Waals surface area contributed by atoms with E-state index in [0.29, 0.717) is 29.5 Å². The van der Waals surface area contributed by atoms with E-state index in [2.05, 4.69) is 20.4 Å². The lowest BCUT2D eigenvalue weighted by Gasteiger charge is -2.42. The Hall–Kier alpha value is -2.48. The molecule has 3 N–H and O–H groups in total. The number of cyclic esters (lactones) is 1. The van der Waals surface area contributed by atoms with Gasteiger partial charge in [-0.1, -0.05) is 35.7 Å². The molecular weight excluding hydrogens is 442 g/mol. The van der Waals surface area contributed by atoms with Crippen LogP contribution in [0.2, 0.25) is 0 Å². The number of aliphatic hydroxyl groups is 1. The molecule has 0 aromatic carbocycles. The summed E-state index contributed by atoms with van der Waals surface area (Å²) in [5.41, 5.74) is 1.64. The van der Waals surface area contributed by atoms with E-state index in [1.54, 1.807) is 4.52 Å². The number of unbranched alkanes of at least 4 members (excludes halogenated alkanes) is 1. The van der Waals surface area contributed by atoms with Gasteiger partial charge in [0, 0.05) is 12.5 Å². The maximum absolute atomic E-state index is 13.3. The fourth-order valence-electron chi connectivity index (χ4n) is 6.51. The Morgan fingerprint density at radius 1 is 1.14 bits per heavy atom. The topological polar surface area (TPSA) is 104 Å². The predicted octanol–water partition coefficient (Wildman–Crippen LogP) is 3.95. The molecule has 1 aliphatic carbocycles. The number of rotatable bonds is 8. The smallest absolute Gasteiger partial charge is 0.457 e. The van der Waals surface area contributed by atoms with Crippen LogP contribution >= 0.6 is 0 Å². The van der Waals surface area contributed by atoms with E-state index >= 15 is 0 Å². The Kier molecular flexibility index (Phi) is 7.09. The first-order valence-corrected chi connectivity index (χ1v) is 13.5. The number of hydrogen-bond acceptors (Lipinski definition) is 6. The molecule has 2 aromatic rings. The molecule has 3 aliphatic rings. The number of esters is 1. The van der Waals surface area contributed by atoms with Crippen molar-refractivity contribution in [3.8, 4) is 0 Å². The van der Waals surface area contributed by atoms with Gasteiger partial charge in [-0.15, -0.1) is 4.52 Å². The number of H-pyrrole nitrogens is 1. The summed E-state index contributed by atoms with van der Waals surface area (Å²) in [4.78, 5) is 22.3. The van der Waals surface area contributed by atoms with Gasteiger partial charge >= 0.3 is 11.7 Å². The molecule has 35 heavy (non-hydrogen) atoms. The molecule has 4 heterocycles. The standard InChI is InChI=1S/C27H39N5O3/c1-18-15-19(2)32-26(29-18)30-24(31-32)16-22-23(33)17-27(35-25(22)34,21-8-3-4-9-21)12-6-5-7-20-10-13-28-14-11-20/h15,20-21,28H,3-14,16-17H2,1-2H3,(H,33,34)/p+1. The highest BCUT2D eigenvalue weighted by Crippen LogP contribution is 2.46. The molecule has 0 spiro atoms. The minimum absolute atomic E-state index is 0.179. The van der Waals surface area contributed by atoms with Gasteiger partial charge in [0.15, 0.2) is 0 Å². The zero-order chi connectivity index (χ0) is 24.4. The Morgan fingerprint density at radius 2 is 1.91 bits per heavy atom. The fourth-order valence-corrected chi connectivity index (χ4v) is 6.51. The van der Waals surface area contributed by atoms with Crippen LogP contribution in [0.1, 0.15) is 87.8 Å². The van der Waals surface area contributed by atoms with Crippen LogP contribution in [-0.4, -0.2) is 44.8 Å². The summed E-state index contributed by atoms with van der Waals surface area (Å²) in [7, 11) is 0. The summed E-state index contributed by atoms with van der Waals surface area (Å²) in [6, 6.07) is 1.97.